The molecular formula is C22H25N5O5S. The molecule has 4 aromatic rings. The summed E-state index contributed by atoms with van der Waals surface area (Å²) in [6, 6.07) is 9.76. The van der Waals surface area contributed by atoms with Gasteiger partial charge >= 0.3 is 0 Å². The second-order valence-electron chi connectivity index (χ2n) is 7.73. The number of aryl methyl sites for hydroxylation is 2. The summed E-state index contributed by atoms with van der Waals surface area (Å²) in [6.07, 6.45) is 3.51. The normalized spacial score (nSPS) is 11.9. The minimum Gasteiger partial charge on any atom is -0.463 e. The van der Waals surface area contributed by atoms with Crippen LogP contribution in [-0.2, 0) is 34.2 Å². The number of carbonyl (C=O) groups excluding carboxylic acids is 1. The fourth-order valence-corrected chi connectivity index (χ4v) is 4.29. The first-order valence-electron chi connectivity index (χ1n) is 10.6. The zero-order valence-corrected chi connectivity index (χ0v) is 19.0. The van der Waals surface area contributed by atoms with E-state index in [-0.39, 0.29) is 22.8 Å². The zero-order valence-electron chi connectivity index (χ0n) is 18.2. The van der Waals surface area contributed by atoms with Gasteiger partial charge in [-0.2, -0.15) is 5.10 Å². The highest BCUT2D eigenvalue weighted by Crippen LogP contribution is 2.20. The lowest BCUT2D eigenvalue weighted by Crippen LogP contribution is -2.29. The SMILES string of the molecule is CCc1nn(CCCC(=O)NCCc2ccc(S(N)(=O)=O)cc2)c(=O)c2cc3occc3n12. The number of primary sulfonamides is 1. The molecule has 4 rings (SSSR count). The second kappa shape index (κ2) is 9.20. The van der Waals surface area contributed by atoms with E-state index in [1.807, 2.05) is 17.4 Å². The van der Waals surface area contributed by atoms with E-state index < -0.39 is 10.0 Å². The predicted octanol–water partition coefficient (Wildman–Crippen LogP) is 1.59. The average molecular weight is 472 g/mol. The van der Waals surface area contributed by atoms with Crippen molar-refractivity contribution in [1.82, 2.24) is 19.5 Å². The van der Waals surface area contributed by atoms with Crippen LogP contribution in [-0.4, -0.2) is 35.1 Å². The molecular weight excluding hydrogens is 446 g/mol. The molecule has 0 atom stereocenters. The topological polar surface area (TPSA) is 142 Å². The zero-order chi connectivity index (χ0) is 23.6. The fraction of sp³-hybridized carbons (Fsp3) is 0.318. The largest absolute Gasteiger partial charge is 0.463 e. The third-order valence-corrected chi connectivity index (χ3v) is 6.38. The van der Waals surface area contributed by atoms with Gasteiger partial charge in [0, 0.05) is 38.1 Å². The third-order valence-electron chi connectivity index (χ3n) is 5.45. The van der Waals surface area contributed by atoms with Crippen LogP contribution in [0.4, 0.5) is 0 Å². The molecule has 1 amide bonds. The molecule has 1 aromatic carbocycles. The van der Waals surface area contributed by atoms with E-state index in [2.05, 4.69) is 10.4 Å². The summed E-state index contributed by atoms with van der Waals surface area (Å²) in [7, 11) is -3.72. The van der Waals surface area contributed by atoms with Crippen molar-refractivity contribution < 1.29 is 17.6 Å². The molecule has 3 N–H and O–H groups in total. The van der Waals surface area contributed by atoms with E-state index in [1.165, 1.54) is 16.8 Å². The summed E-state index contributed by atoms with van der Waals surface area (Å²) in [6.45, 7) is 2.72. The van der Waals surface area contributed by atoms with Gasteiger partial charge in [-0.3, -0.25) is 14.0 Å². The highest BCUT2D eigenvalue weighted by molar-refractivity contribution is 7.89. The van der Waals surface area contributed by atoms with Crippen LogP contribution in [0.2, 0.25) is 0 Å². The lowest BCUT2D eigenvalue weighted by atomic mass is 10.1. The van der Waals surface area contributed by atoms with E-state index in [1.54, 1.807) is 24.5 Å². The van der Waals surface area contributed by atoms with Crippen LogP contribution < -0.4 is 16.0 Å². The number of amides is 1. The van der Waals surface area contributed by atoms with Gasteiger partial charge in [-0.25, -0.2) is 18.2 Å². The smallest absolute Gasteiger partial charge is 0.291 e. The van der Waals surface area contributed by atoms with Crippen LogP contribution in [0.25, 0.3) is 16.6 Å². The summed E-state index contributed by atoms with van der Waals surface area (Å²) < 4.78 is 31.2. The van der Waals surface area contributed by atoms with Crippen LogP contribution in [0.15, 0.2) is 56.8 Å². The Hall–Kier alpha value is -3.44. The number of nitrogens with two attached hydrogens (primary N) is 1. The Kier molecular flexibility index (Phi) is 6.34. The van der Waals surface area contributed by atoms with Gasteiger partial charge in [0.1, 0.15) is 11.3 Å². The lowest BCUT2D eigenvalue weighted by molar-refractivity contribution is -0.121. The number of furan rings is 1. The van der Waals surface area contributed by atoms with Crippen LogP contribution in [0.5, 0.6) is 0 Å². The van der Waals surface area contributed by atoms with Crippen molar-refractivity contribution in [3.05, 3.63) is 64.4 Å². The molecule has 0 aliphatic heterocycles. The Labute approximate surface area is 190 Å². The number of fused-ring (bicyclic) bond motifs is 3. The molecule has 11 heteroatoms. The molecule has 3 heterocycles. The Morgan fingerprint density at radius 1 is 1.18 bits per heavy atom. The Morgan fingerprint density at radius 3 is 2.64 bits per heavy atom. The van der Waals surface area contributed by atoms with Gasteiger partial charge in [-0.1, -0.05) is 19.1 Å². The highest BCUT2D eigenvalue weighted by atomic mass is 32.2. The number of nitrogens with one attached hydrogen (secondary N) is 1. The molecule has 0 aliphatic rings. The summed E-state index contributed by atoms with van der Waals surface area (Å²) in [4.78, 5) is 25.1. The molecule has 0 bridgehead atoms. The number of hydrogen-bond acceptors (Lipinski definition) is 6. The van der Waals surface area contributed by atoms with E-state index in [4.69, 9.17) is 9.56 Å². The summed E-state index contributed by atoms with van der Waals surface area (Å²) in [5.41, 5.74) is 2.63. The van der Waals surface area contributed by atoms with E-state index in [0.717, 1.165) is 16.9 Å². The summed E-state index contributed by atoms with van der Waals surface area (Å²) in [5.74, 6) is 0.625. The molecule has 10 nitrogen and oxygen atoms in total. The van der Waals surface area contributed by atoms with Gasteiger partial charge in [0.15, 0.2) is 5.58 Å². The van der Waals surface area contributed by atoms with Gasteiger partial charge < -0.3 is 9.73 Å². The van der Waals surface area contributed by atoms with Crippen molar-refractivity contribution in [3.8, 4) is 0 Å². The maximum atomic E-state index is 12.8. The number of sulfonamides is 1. The van der Waals surface area contributed by atoms with Crippen molar-refractivity contribution in [2.75, 3.05) is 6.54 Å². The summed E-state index contributed by atoms with van der Waals surface area (Å²) >= 11 is 0. The number of carbonyl (C=O) groups is 1. The minimum absolute atomic E-state index is 0.0531. The highest BCUT2D eigenvalue weighted by Gasteiger charge is 2.15. The molecule has 33 heavy (non-hydrogen) atoms. The maximum Gasteiger partial charge on any atom is 0.291 e. The fourth-order valence-electron chi connectivity index (χ4n) is 3.77. The van der Waals surface area contributed by atoms with Crippen LogP contribution in [0.3, 0.4) is 0 Å². The van der Waals surface area contributed by atoms with Gasteiger partial charge in [-0.15, -0.1) is 0 Å². The van der Waals surface area contributed by atoms with Gasteiger partial charge in [0.25, 0.3) is 5.56 Å². The summed E-state index contributed by atoms with van der Waals surface area (Å²) in [5, 5.41) is 12.4. The van der Waals surface area contributed by atoms with E-state index in [0.29, 0.717) is 43.5 Å². The van der Waals surface area contributed by atoms with E-state index in [9.17, 15) is 18.0 Å². The molecule has 174 valence electrons. The van der Waals surface area contributed by atoms with Crippen molar-refractivity contribution in [1.29, 1.82) is 0 Å². The predicted molar refractivity (Wildman–Crippen MR) is 122 cm³/mol. The molecule has 0 saturated carbocycles. The molecule has 0 spiro atoms. The minimum atomic E-state index is -3.72. The molecule has 3 aromatic heterocycles. The average Bonchev–Trinajstić information content (AvgIpc) is 3.37. The Balaban J connectivity index is 1.31. The molecule has 0 aliphatic carbocycles. The van der Waals surface area contributed by atoms with Gasteiger partial charge in [-0.05, 0) is 30.5 Å². The van der Waals surface area contributed by atoms with Crippen LogP contribution >= 0.6 is 0 Å². The standard InChI is InChI=1S/C22H25N5O5S/c1-2-20-25-26(22(29)18-14-19-17(27(18)20)10-13-32-19)12-3-4-21(28)24-11-9-15-5-7-16(8-6-15)33(23,30)31/h5-8,10,13-14H,2-4,9,11-12H2,1H3,(H,24,28)(H2,23,30,31). The lowest BCUT2D eigenvalue weighted by Gasteiger charge is -2.10. The first-order valence-corrected chi connectivity index (χ1v) is 12.2. The quantitative estimate of drug-likeness (QED) is 0.380. The molecule has 0 fully saturated rings. The maximum absolute atomic E-state index is 12.8. The van der Waals surface area contributed by atoms with Crippen LogP contribution in [0, 0.1) is 0 Å². The third kappa shape index (κ3) is 4.83. The van der Waals surface area contributed by atoms with Crippen molar-refractivity contribution in [2.45, 2.75) is 44.0 Å². The molecule has 0 radical (unpaired) electrons. The number of aromatic nitrogens is 3. The Morgan fingerprint density at radius 2 is 1.94 bits per heavy atom. The number of nitrogens with zero attached hydrogens (tertiary/aromatic N) is 3. The second-order valence-corrected chi connectivity index (χ2v) is 9.29. The van der Waals surface area contributed by atoms with Crippen LogP contribution in [0.1, 0.15) is 31.2 Å². The van der Waals surface area contributed by atoms with Gasteiger partial charge in [0.05, 0.1) is 16.7 Å². The number of benzene rings is 1. The van der Waals surface area contributed by atoms with Gasteiger partial charge in [0.2, 0.25) is 15.9 Å². The Bertz CT molecular complexity index is 1460. The first-order chi connectivity index (χ1) is 15.8. The number of rotatable bonds is 9. The monoisotopic (exact) mass is 471 g/mol. The number of hydrogen-bond donors (Lipinski definition) is 2. The van der Waals surface area contributed by atoms with Crippen molar-refractivity contribution in [2.24, 2.45) is 5.14 Å². The van der Waals surface area contributed by atoms with Crippen molar-refractivity contribution in [3.63, 3.8) is 0 Å². The molecule has 0 unspecified atom stereocenters. The first kappa shape index (κ1) is 22.7. The molecule has 0 saturated heterocycles. The van der Waals surface area contributed by atoms with Crippen molar-refractivity contribution >= 4 is 32.5 Å². The van der Waals surface area contributed by atoms with E-state index >= 15 is 0 Å².